The van der Waals surface area contributed by atoms with E-state index in [0.29, 0.717) is 38.7 Å². The zero-order chi connectivity index (χ0) is 23.0. The number of amides is 1. The first-order valence-corrected chi connectivity index (χ1v) is 11.6. The lowest BCUT2D eigenvalue weighted by Gasteiger charge is -2.19. The number of aryl methyl sites for hydroxylation is 1. The number of rotatable bonds is 6. The zero-order valence-corrected chi connectivity index (χ0v) is 20.2. The van der Waals surface area contributed by atoms with Gasteiger partial charge in [0.15, 0.2) is 10.8 Å². The Labute approximate surface area is 200 Å². The quantitative estimate of drug-likeness (QED) is 0.289. The van der Waals surface area contributed by atoms with Crippen LogP contribution in [-0.4, -0.2) is 32.2 Å². The summed E-state index contributed by atoms with van der Waals surface area (Å²) in [6, 6.07) is 7.35. The molecule has 0 atom stereocenters. The van der Waals surface area contributed by atoms with Crippen LogP contribution in [0.4, 0.5) is 5.13 Å². The Morgan fingerprint density at radius 2 is 2.03 bits per heavy atom. The second-order valence-electron chi connectivity index (χ2n) is 7.57. The first-order valence-electron chi connectivity index (χ1n) is 9.98. The summed E-state index contributed by atoms with van der Waals surface area (Å²) in [5.41, 5.74) is 3.46. The van der Waals surface area contributed by atoms with Gasteiger partial charge in [0.25, 0.3) is 5.91 Å². The summed E-state index contributed by atoms with van der Waals surface area (Å²) in [6.07, 6.45) is 3.42. The first-order chi connectivity index (χ1) is 15.3. The standard InChI is InChI=1S/C23H21Cl2N5OS/c1-5-8-29(23-28-20(12-32-23)15-6-7-18(24)19(25)10-15)22(31)17-9-16-11-26-30(13(2)3)21(16)27-14(17)4/h5-7,9-13H,1,8H2,2-4H3. The van der Waals surface area contributed by atoms with Crippen molar-refractivity contribution in [1.29, 1.82) is 0 Å². The SMILES string of the molecule is C=CCN(C(=O)c1cc2cnn(C(C)C)c2nc1C)c1nc(-c2ccc(Cl)c(Cl)c2)cs1. The number of hydrogen-bond acceptors (Lipinski definition) is 5. The van der Waals surface area contributed by atoms with Crippen LogP contribution in [0, 0.1) is 6.92 Å². The van der Waals surface area contributed by atoms with Crippen LogP contribution in [0.2, 0.25) is 10.0 Å². The molecule has 3 heterocycles. The molecule has 0 saturated heterocycles. The molecule has 0 aliphatic carbocycles. The molecule has 164 valence electrons. The summed E-state index contributed by atoms with van der Waals surface area (Å²) in [4.78, 5) is 24.5. The minimum atomic E-state index is -0.191. The highest BCUT2D eigenvalue weighted by atomic mass is 35.5. The minimum Gasteiger partial charge on any atom is -0.280 e. The highest BCUT2D eigenvalue weighted by molar-refractivity contribution is 7.14. The van der Waals surface area contributed by atoms with Gasteiger partial charge in [-0.1, -0.05) is 35.3 Å². The second-order valence-corrected chi connectivity index (χ2v) is 9.22. The van der Waals surface area contributed by atoms with E-state index in [-0.39, 0.29) is 11.9 Å². The molecule has 4 aromatic rings. The highest BCUT2D eigenvalue weighted by Crippen LogP contribution is 2.32. The number of carbonyl (C=O) groups excluding carboxylic acids is 1. The molecule has 32 heavy (non-hydrogen) atoms. The average Bonchev–Trinajstić information content (AvgIpc) is 3.40. The van der Waals surface area contributed by atoms with E-state index in [9.17, 15) is 4.79 Å². The largest absolute Gasteiger partial charge is 0.280 e. The maximum Gasteiger partial charge on any atom is 0.262 e. The van der Waals surface area contributed by atoms with Gasteiger partial charge < -0.3 is 0 Å². The van der Waals surface area contributed by atoms with Crippen LogP contribution in [0.15, 0.2) is 48.5 Å². The number of fused-ring (bicyclic) bond motifs is 1. The predicted octanol–water partition coefficient (Wildman–Crippen LogP) is 6.58. The summed E-state index contributed by atoms with van der Waals surface area (Å²) >= 11 is 13.6. The van der Waals surface area contributed by atoms with Crippen molar-refractivity contribution in [1.82, 2.24) is 19.7 Å². The normalized spacial score (nSPS) is 11.3. The van der Waals surface area contributed by atoms with Crippen LogP contribution in [0.25, 0.3) is 22.3 Å². The van der Waals surface area contributed by atoms with Crippen molar-refractivity contribution in [2.45, 2.75) is 26.8 Å². The molecule has 0 aliphatic rings. The Morgan fingerprint density at radius 3 is 2.72 bits per heavy atom. The monoisotopic (exact) mass is 485 g/mol. The number of anilines is 1. The van der Waals surface area contributed by atoms with E-state index in [1.807, 2.05) is 43.0 Å². The van der Waals surface area contributed by atoms with E-state index in [0.717, 1.165) is 16.6 Å². The minimum absolute atomic E-state index is 0.174. The van der Waals surface area contributed by atoms with E-state index < -0.39 is 0 Å². The highest BCUT2D eigenvalue weighted by Gasteiger charge is 2.23. The fraction of sp³-hybridized carbons (Fsp3) is 0.217. The molecule has 9 heteroatoms. The topological polar surface area (TPSA) is 63.9 Å². The predicted molar refractivity (Wildman–Crippen MR) is 132 cm³/mol. The number of aromatic nitrogens is 4. The molecule has 6 nitrogen and oxygen atoms in total. The zero-order valence-electron chi connectivity index (χ0n) is 17.8. The van der Waals surface area contributed by atoms with Gasteiger partial charge >= 0.3 is 0 Å². The van der Waals surface area contributed by atoms with Crippen LogP contribution >= 0.6 is 34.5 Å². The van der Waals surface area contributed by atoms with Crippen LogP contribution in [0.5, 0.6) is 0 Å². The van der Waals surface area contributed by atoms with Crippen molar-refractivity contribution in [2.24, 2.45) is 0 Å². The molecule has 0 spiro atoms. The Hall–Kier alpha value is -2.74. The first kappa shape index (κ1) is 22.5. The average molecular weight is 486 g/mol. The van der Waals surface area contributed by atoms with Crippen LogP contribution in [-0.2, 0) is 0 Å². The maximum atomic E-state index is 13.5. The summed E-state index contributed by atoms with van der Waals surface area (Å²) < 4.78 is 1.85. The summed E-state index contributed by atoms with van der Waals surface area (Å²) in [5.74, 6) is -0.191. The van der Waals surface area contributed by atoms with Crippen molar-refractivity contribution in [3.05, 3.63) is 69.8 Å². The lowest BCUT2D eigenvalue weighted by Crippen LogP contribution is -2.31. The third-order valence-corrected chi connectivity index (χ3v) is 6.58. The van der Waals surface area contributed by atoms with Gasteiger partial charge in [0.2, 0.25) is 0 Å². The Kier molecular flexibility index (Phi) is 6.33. The fourth-order valence-electron chi connectivity index (χ4n) is 3.36. The number of thiazole rings is 1. The van der Waals surface area contributed by atoms with Crippen molar-refractivity contribution in [3.8, 4) is 11.3 Å². The number of pyridine rings is 1. The number of halogens is 2. The molecule has 0 saturated carbocycles. The van der Waals surface area contributed by atoms with E-state index in [2.05, 4.69) is 21.6 Å². The van der Waals surface area contributed by atoms with Gasteiger partial charge in [0, 0.05) is 28.9 Å². The molecule has 0 aliphatic heterocycles. The van der Waals surface area contributed by atoms with Gasteiger partial charge in [-0.15, -0.1) is 17.9 Å². The van der Waals surface area contributed by atoms with Crippen molar-refractivity contribution >= 4 is 56.6 Å². The van der Waals surface area contributed by atoms with Crippen LogP contribution in [0.1, 0.15) is 35.9 Å². The third kappa shape index (κ3) is 4.16. The van der Waals surface area contributed by atoms with E-state index in [1.165, 1.54) is 11.3 Å². The Morgan fingerprint density at radius 1 is 1.25 bits per heavy atom. The van der Waals surface area contributed by atoms with Gasteiger partial charge in [0.05, 0.1) is 33.2 Å². The second kappa shape index (κ2) is 9.02. The number of nitrogens with zero attached hydrogens (tertiary/aromatic N) is 5. The van der Waals surface area contributed by atoms with Crippen molar-refractivity contribution in [3.63, 3.8) is 0 Å². The summed E-state index contributed by atoms with van der Waals surface area (Å²) in [7, 11) is 0. The van der Waals surface area contributed by atoms with E-state index in [4.69, 9.17) is 23.2 Å². The number of carbonyl (C=O) groups is 1. The molecule has 0 N–H and O–H groups in total. The van der Waals surface area contributed by atoms with Crippen LogP contribution < -0.4 is 4.90 Å². The third-order valence-electron chi connectivity index (χ3n) is 4.97. The number of hydrogen-bond donors (Lipinski definition) is 0. The number of benzene rings is 1. The van der Waals surface area contributed by atoms with Gasteiger partial charge in [-0.3, -0.25) is 9.69 Å². The van der Waals surface area contributed by atoms with Gasteiger partial charge in [-0.2, -0.15) is 5.10 Å². The summed E-state index contributed by atoms with van der Waals surface area (Å²) in [6.45, 7) is 10.0. The molecule has 0 bridgehead atoms. The fourth-order valence-corrected chi connectivity index (χ4v) is 4.50. The molecule has 0 fully saturated rings. The lowest BCUT2D eigenvalue weighted by atomic mass is 10.1. The Balaban J connectivity index is 1.71. The molecule has 1 aromatic carbocycles. The summed E-state index contributed by atoms with van der Waals surface area (Å²) in [5, 5.41) is 8.61. The lowest BCUT2D eigenvalue weighted by molar-refractivity contribution is 0.0989. The van der Waals surface area contributed by atoms with Crippen molar-refractivity contribution < 1.29 is 4.79 Å². The Bertz CT molecular complexity index is 1330. The smallest absolute Gasteiger partial charge is 0.262 e. The van der Waals surface area contributed by atoms with E-state index >= 15 is 0 Å². The molecular weight excluding hydrogens is 465 g/mol. The molecule has 4 rings (SSSR count). The maximum absolute atomic E-state index is 13.5. The van der Waals surface area contributed by atoms with E-state index in [1.54, 1.807) is 29.3 Å². The molecule has 1 amide bonds. The molecule has 3 aromatic heterocycles. The van der Waals surface area contributed by atoms with Crippen LogP contribution in [0.3, 0.4) is 0 Å². The van der Waals surface area contributed by atoms with Gasteiger partial charge in [0.1, 0.15) is 0 Å². The molecule has 0 radical (unpaired) electrons. The molecule has 0 unspecified atom stereocenters. The van der Waals surface area contributed by atoms with Gasteiger partial charge in [-0.25, -0.2) is 14.6 Å². The molecular formula is C23H21Cl2N5OS. The van der Waals surface area contributed by atoms with Gasteiger partial charge in [-0.05, 0) is 39.0 Å². The van der Waals surface area contributed by atoms with Crippen molar-refractivity contribution in [2.75, 3.05) is 11.4 Å².